The summed E-state index contributed by atoms with van der Waals surface area (Å²) < 4.78 is 14.3. The van der Waals surface area contributed by atoms with Gasteiger partial charge >= 0.3 is 0 Å². The number of benzene rings is 3. The lowest BCUT2D eigenvalue weighted by atomic mass is 9.97. The highest BCUT2D eigenvalue weighted by molar-refractivity contribution is 6.37. The molecule has 162 valence electrons. The molecular weight excluding hydrogens is 427 g/mol. The summed E-state index contributed by atoms with van der Waals surface area (Å²) in [4.78, 5) is 28.0. The molecule has 0 atom stereocenters. The molecule has 1 aliphatic heterocycles. The zero-order valence-corrected chi connectivity index (χ0v) is 18.8. The van der Waals surface area contributed by atoms with E-state index < -0.39 is 17.6 Å². The lowest BCUT2D eigenvalue weighted by Gasteiger charge is -2.16. The Morgan fingerprint density at radius 2 is 1.69 bits per heavy atom. The van der Waals surface area contributed by atoms with Gasteiger partial charge in [0.1, 0.15) is 11.5 Å². The molecule has 0 fully saturated rings. The molecule has 0 aliphatic carbocycles. The third kappa shape index (κ3) is 3.92. The summed E-state index contributed by atoms with van der Waals surface area (Å²) in [6.45, 7) is 5.54. The molecule has 3 aromatic rings. The first-order valence-electron chi connectivity index (χ1n) is 10.2. The Morgan fingerprint density at radius 1 is 0.938 bits per heavy atom. The molecule has 0 bridgehead atoms. The van der Waals surface area contributed by atoms with Crippen LogP contribution in [-0.2, 0) is 16.1 Å². The van der Waals surface area contributed by atoms with Crippen LogP contribution in [0.15, 0.2) is 66.4 Å². The molecule has 6 heteroatoms. The Balaban J connectivity index is 1.82. The number of nitrogens with zero attached hydrogens (tertiary/aromatic N) is 1. The minimum atomic E-state index is -0.507. The van der Waals surface area contributed by atoms with E-state index in [4.69, 9.17) is 11.6 Å². The van der Waals surface area contributed by atoms with Crippen molar-refractivity contribution in [3.05, 3.63) is 105 Å². The molecule has 4 rings (SSSR count). The lowest BCUT2D eigenvalue weighted by Crippen LogP contribution is -2.32. The number of hydrogen-bond acceptors (Lipinski definition) is 3. The molecule has 0 spiro atoms. The molecule has 0 saturated carbocycles. The van der Waals surface area contributed by atoms with Crippen LogP contribution < -0.4 is 5.32 Å². The van der Waals surface area contributed by atoms with E-state index in [1.54, 1.807) is 36.4 Å². The van der Waals surface area contributed by atoms with Crippen LogP contribution in [-0.4, -0.2) is 16.7 Å². The molecule has 0 aromatic heterocycles. The molecule has 4 nitrogen and oxygen atoms in total. The summed E-state index contributed by atoms with van der Waals surface area (Å²) in [7, 11) is 0. The average Bonchev–Trinajstić information content (AvgIpc) is 2.97. The highest BCUT2D eigenvalue weighted by Crippen LogP contribution is 2.35. The Labute approximate surface area is 191 Å². The second kappa shape index (κ2) is 8.60. The monoisotopic (exact) mass is 448 g/mol. The van der Waals surface area contributed by atoms with Crippen LogP contribution in [0.5, 0.6) is 0 Å². The van der Waals surface area contributed by atoms with Crippen molar-refractivity contribution < 1.29 is 14.0 Å². The number of nitrogens with one attached hydrogen (secondary N) is 1. The fourth-order valence-electron chi connectivity index (χ4n) is 3.85. The van der Waals surface area contributed by atoms with Gasteiger partial charge in [-0.1, -0.05) is 59.6 Å². The van der Waals surface area contributed by atoms with E-state index in [2.05, 4.69) is 5.32 Å². The topological polar surface area (TPSA) is 49.4 Å². The smallest absolute Gasteiger partial charge is 0.278 e. The summed E-state index contributed by atoms with van der Waals surface area (Å²) in [5.41, 5.74) is 4.66. The highest BCUT2D eigenvalue weighted by Gasteiger charge is 2.40. The van der Waals surface area contributed by atoms with Crippen molar-refractivity contribution in [3.8, 4) is 0 Å². The van der Waals surface area contributed by atoms with Gasteiger partial charge in [0.25, 0.3) is 11.8 Å². The zero-order valence-electron chi connectivity index (χ0n) is 18.0. The van der Waals surface area contributed by atoms with Crippen LogP contribution in [0.1, 0.15) is 27.8 Å². The van der Waals surface area contributed by atoms with Crippen molar-refractivity contribution in [3.63, 3.8) is 0 Å². The number of anilines is 1. The molecule has 1 heterocycles. The van der Waals surface area contributed by atoms with Gasteiger partial charge in [-0.25, -0.2) is 4.39 Å². The van der Waals surface area contributed by atoms with E-state index in [1.165, 1.54) is 6.07 Å². The first kappa shape index (κ1) is 21.8. The highest BCUT2D eigenvalue weighted by atomic mass is 35.5. The second-order valence-corrected chi connectivity index (χ2v) is 8.30. The number of rotatable bonds is 5. The zero-order chi connectivity index (χ0) is 23.0. The van der Waals surface area contributed by atoms with E-state index in [0.717, 1.165) is 21.6 Å². The molecule has 32 heavy (non-hydrogen) atoms. The van der Waals surface area contributed by atoms with Crippen LogP contribution >= 0.6 is 11.6 Å². The molecule has 0 radical (unpaired) electrons. The van der Waals surface area contributed by atoms with Crippen LogP contribution in [0, 0.1) is 26.6 Å². The lowest BCUT2D eigenvalue weighted by molar-refractivity contribution is -0.137. The summed E-state index contributed by atoms with van der Waals surface area (Å²) in [5, 5.41) is 3.69. The van der Waals surface area contributed by atoms with E-state index in [1.807, 2.05) is 39.0 Å². The Bertz CT molecular complexity index is 1280. The predicted molar refractivity (Wildman–Crippen MR) is 125 cm³/mol. The quantitative estimate of drug-likeness (QED) is 0.502. The fourth-order valence-corrected chi connectivity index (χ4v) is 4.03. The number of carbonyl (C=O) groups is 2. The second-order valence-electron chi connectivity index (χ2n) is 7.89. The minimum absolute atomic E-state index is 0.154. The molecule has 3 aromatic carbocycles. The number of carbonyl (C=O) groups excluding carboxylic acids is 2. The van der Waals surface area contributed by atoms with Crippen LogP contribution in [0.2, 0.25) is 5.02 Å². The van der Waals surface area contributed by atoms with Crippen molar-refractivity contribution in [2.24, 2.45) is 0 Å². The van der Waals surface area contributed by atoms with E-state index in [0.29, 0.717) is 16.3 Å². The molecule has 1 aliphatic rings. The third-order valence-corrected chi connectivity index (χ3v) is 6.04. The molecule has 1 N–H and O–H groups in total. The van der Waals surface area contributed by atoms with Crippen molar-refractivity contribution in [2.45, 2.75) is 27.3 Å². The van der Waals surface area contributed by atoms with Gasteiger partial charge in [-0.2, -0.15) is 0 Å². The summed E-state index contributed by atoms with van der Waals surface area (Å²) >= 11 is 6.25. The van der Waals surface area contributed by atoms with Crippen molar-refractivity contribution >= 4 is 34.7 Å². The van der Waals surface area contributed by atoms with Crippen LogP contribution in [0.4, 0.5) is 10.1 Å². The fraction of sp³-hybridized carbons (Fsp3) is 0.154. The number of aryl methyl sites for hydroxylation is 2. The number of amides is 2. The van der Waals surface area contributed by atoms with Crippen LogP contribution in [0.25, 0.3) is 5.57 Å². The first-order chi connectivity index (χ1) is 15.3. The number of hydrogen-bond donors (Lipinski definition) is 1. The average molecular weight is 449 g/mol. The number of halogens is 2. The van der Waals surface area contributed by atoms with Gasteiger partial charge in [0.15, 0.2) is 0 Å². The minimum Gasteiger partial charge on any atom is -0.350 e. The standard InChI is InChI=1S/C26H22ClFN2O2/c1-15-11-12-19(16(2)13-15)23-24(29-22-10-6-8-20(27)17(22)3)26(32)30(25(23)31)14-18-7-4-5-9-21(18)28/h4-13,29H,14H2,1-3H3. The van der Waals surface area contributed by atoms with Gasteiger partial charge in [-0.15, -0.1) is 0 Å². The summed E-state index contributed by atoms with van der Waals surface area (Å²) in [5.74, 6) is -1.44. The Hall–Kier alpha value is -3.44. The van der Waals surface area contributed by atoms with Gasteiger partial charge in [0.2, 0.25) is 0 Å². The Kier molecular flexibility index (Phi) is 5.85. The van der Waals surface area contributed by atoms with E-state index in [9.17, 15) is 14.0 Å². The maximum Gasteiger partial charge on any atom is 0.278 e. The van der Waals surface area contributed by atoms with Gasteiger partial charge in [-0.05, 0) is 55.7 Å². The van der Waals surface area contributed by atoms with Gasteiger partial charge in [0.05, 0.1) is 12.1 Å². The van der Waals surface area contributed by atoms with Crippen molar-refractivity contribution in [1.29, 1.82) is 0 Å². The number of imide groups is 1. The van der Waals surface area contributed by atoms with Crippen molar-refractivity contribution in [1.82, 2.24) is 4.90 Å². The van der Waals surface area contributed by atoms with Crippen LogP contribution in [0.3, 0.4) is 0 Å². The van der Waals surface area contributed by atoms with E-state index in [-0.39, 0.29) is 23.4 Å². The largest absolute Gasteiger partial charge is 0.350 e. The third-order valence-electron chi connectivity index (χ3n) is 5.63. The van der Waals surface area contributed by atoms with Gasteiger partial charge in [0, 0.05) is 16.3 Å². The summed E-state index contributed by atoms with van der Waals surface area (Å²) in [6.07, 6.45) is 0. The summed E-state index contributed by atoms with van der Waals surface area (Å²) in [6, 6.07) is 17.1. The van der Waals surface area contributed by atoms with Gasteiger partial charge < -0.3 is 5.32 Å². The van der Waals surface area contributed by atoms with E-state index >= 15 is 0 Å². The predicted octanol–water partition coefficient (Wildman–Crippen LogP) is 5.80. The maximum absolute atomic E-state index is 14.3. The Morgan fingerprint density at radius 3 is 2.41 bits per heavy atom. The molecular formula is C26H22ClFN2O2. The van der Waals surface area contributed by atoms with Crippen molar-refractivity contribution in [2.75, 3.05) is 5.32 Å². The molecule has 2 amide bonds. The molecule has 0 unspecified atom stereocenters. The van der Waals surface area contributed by atoms with Gasteiger partial charge in [-0.3, -0.25) is 14.5 Å². The maximum atomic E-state index is 14.3. The normalized spacial score (nSPS) is 13.8. The molecule has 0 saturated heterocycles. The first-order valence-corrected chi connectivity index (χ1v) is 10.6. The SMILES string of the molecule is Cc1ccc(C2=C(Nc3cccc(Cl)c3C)C(=O)N(Cc3ccccc3F)C2=O)c(C)c1.